The maximum Gasteiger partial charge on any atom is 0.223 e. The summed E-state index contributed by atoms with van der Waals surface area (Å²) < 4.78 is 5.21. The van der Waals surface area contributed by atoms with Crippen LogP contribution in [0.3, 0.4) is 0 Å². The van der Waals surface area contributed by atoms with Gasteiger partial charge in [0.25, 0.3) is 0 Å². The molecule has 0 radical (unpaired) electrons. The second-order valence-electron chi connectivity index (χ2n) is 7.04. The molecule has 1 aliphatic heterocycles. The smallest absolute Gasteiger partial charge is 0.223 e. The molecule has 2 aromatic rings. The maximum absolute atomic E-state index is 12.6. The van der Waals surface area contributed by atoms with Crippen LogP contribution in [0.2, 0.25) is 0 Å². The number of hydrogen-bond donors (Lipinski definition) is 1. The number of nitrogens with one attached hydrogen (secondary N) is 1. The van der Waals surface area contributed by atoms with Crippen LogP contribution in [-0.4, -0.2) is 31.0 Å². The zero-order valence-corrected chi connectivity index (χ0v) is 15.7. The third-order valence-electron chi connectivity index (χ3n) is 5.18. The summed E-state index contributed by atoms with van der Waals surface area (Å²) in [6.07, 6.45) is 1.84. The molecule has 1 N–H and O–H groups in total. The van der Waals surface area contributed by atoms with Gasteiger partial charge in [0.05, 0.1) is 13.2 Å². The molecule has 0 saturated carbocycles. The molecule has 0 bridgehead atoms. The molecule has 0 unspecified atom stereocenters. The van der Waals surface area contributed by atoms with Crippen LogP contribution in [0.15, 0.2) is 54.6 Å². The Labute approximate surface area is 156 Å². The number of hydrogen-bond acceptors (Lipinski definition) is 3. The van der Waals surface area contributed by atoms with Gasteiger partial charge in [0, 0.05) is 12.5 Å². The van der Waals surface area contributed by atoms with Gasteiger partial charge in [-0.3, -0.25) is 9.69 Å². The summed E-state index contributed by atoms with van der Waals surface area (Å²) >= 11 is 0. The fourth-order valence-electron chi connectivity index (χ4n) is 3.50. The van der Waals surface area contributed by atoms with Crippen molar-refractivity contribution in [1.29, 1.82) is 0 Å². The van der Waals surface area contributed by atoms with Crippen LogP contribution in [0.4, 0.5) is 0 Å². The molecular formula is C22H28N2O2. The molecule has 2 aromatic carbocycles. The third kappa shape index (κ3) is 4.85. The largest absolute Gasteiger partial charge is 0.497 e. The van der Waals surface area contributed by atoms with Crippen LogP contribution in [0, 0.1) is 5.92 Å². The molecule has 4 nitrogen and oxygen atoms in total. The lowest BCUT2D eigenvalue weighted by atomic mass is 9.95. The predicted octanol–water partition coefficient (Wildman–Crippen LogP) is 3.78. The lowest BCUT2D eigenvalue weighted by molar-refractivity contribution is -0.127. The first-order valence-corrected chi connectivity index (χ1v) is 9.36. The van der Waals surface area contributed by atoms with Crippen molar-refractivity contribution in [1.82, 2.24) is 10.2 Å². The zero-order valence-electron chi connectivity index (χ0n) is 15.7. The minimum absolute atomic E-state index is 0.0565. The minimum atomic E-state index is 0.0565. The summed E-state index contributed by atoms with van der Waals surface area (Å²) in [5, 5.41) is 3.17. The number of carbonyl (C=O) groups is 1. The number of amides is 1. The molecule has 1 atom stereocenters. The number of ether oxygens (including phenoxy) is 1. The number of carbonyl (C=O) groups excluding carboxylic acids is 1. The van der Waals surface area contributed by atoms with Gasteiger partial charge in [-0.1, -0.05) is 42.5 Å². The third-order valence-corrected chi connectivity index (χ3v) is 5.18. The van der Waals surface area contributed by atoms with E-state index in [2.05, 4.69) is 34.5 Å². The van der Waals surface area contributed by atoms with Gasteiger partial charge < -0.3 is 10.1 Å². The topological polar surface area (TPSA) is 41.6 Å². The second kappa shape index (κ2) is 8.86. The molecule has 0 spiro atoms. The Kier molecular flexibility index (Phi) is 6.29. The van der Waals surface area contributed by atoms with E-state index >= 15 is 0 Å². The van der Waals surface area contributed by atoms with Gasteiger partial charge in [-0.25, -0.2) is 0 Å². The van der Waals surface area contributed by atoms with Gasteiger partial charge in [-0.2, -0.15) is 0 Å². The van der Waals surface area contributed by atoms with Gasteiger partial charge >= 0.3 is 0 Å². The highest BCUT2D eigenvalue weighted by Gasteiger charge is 2.25. The van der Waals surface area contributed by atoms with Gasteiger partial charge in [-0.15, -0.1) is 0 Å². The fraction of sp³-hybridized carbons (Fsp3) is 0.409. The number of benzene rings is 2. The highest BCUT2D eigenvalue weighted by molar-refractivity contribution is 5.79. The number of methoxy groups -OCH3 is 1. The van der Waals surface area contributed by atoms with E-state index in [1.54, 1.807) is 7.11 Å². The number of likely N-dealkylation sites (tertiary alicyclic amines) is 1. The molecule has 1 heterocycles. The molecule has 1 amide bonds. The molecule has 138 valence electrons. The van der Waals surface area contributed by atoms with Crippen molar-refractivity contribution in [2.75, 3.05) is 20.2 Å². The van der Waals surface area contributed by atoms with Gasteiger partial charge in [0.1, 0.15) is 5.75 Å². The molecule has 0 aromatic heterocycles. The second-order valence-corrected chi connectivity index (χ2v) is 7.04. The first-order chi connectivity index (χ1) is 12.7. The summed E-state index contributed by atoms with van der Waals surface area (Å²) in [5.41, 5.74) is 2.43. The van der Waals surface area contributed by atoms with E-state index in [4.69, 9.17) is 4.74 Å². The molecule has 3 rings (SSSR count). The predicted molar refractivity (Wildman–Crippen MR) is 104 cm³/mol. The Bertz CT molecular complexity index is 692. The summed E-state index contributed by atoms with van der Waals surface area (Å²) in [5.74, 6) is 1.19. The first kappa shape index (κ1) is 18.5. The highest BCUT2D eigenvalue weighted by Crippen LogP contribution is 2.21. The van der Waals surface area contributed by atoms with E-state index in [9.17, 15) is 4.79 Å². The monoisotopic (exact) mass is 352 g/mol. The Hall–Kier alpha value is -2.33. The quantitative estimate of drug-likeness (QED) is 0.860. The first-order valence-electron chi connectivity index (χ1n) is 9.36. The average Bonchev–Trinajstić information content (AvgIpc) is 2.69. The van der Waals surface area contributed by atoms with E-state index < -0.39 is 0 Å². The fourth-order valence-corrected chi connectivity index (χ4v) is 3.50. The molecular weight excluding hydrogens is 324 g/mol. The van der Waals surface area contributed by atoms with E-state index in [1.807, 2.05) is 37.3 Å². The molecule has 1 aliphatic rings. The summed E-state index contributed by atoms with van der Waals surface area (Å²) in [7, 11) is 1.68. The molecule has 1 saturated heterocycles. The Balaban J connectivity index is 1.46. The molecule has 4 heteroatoms. The average molecular weight is 352 g/mol. The van der Waals surface area contributed by atoms with Gasteiger partial charge in [0.2, 0.25) is 5.91 Å². The summed E-state index contributed by atoms with van der Waals surface area (Å²) in [4.78, 5) is 15.0. The Morgan fingerprint density at radius 1 is 1.12 bits per heavy atom. The van der Waals surface area contributed by atoms with Crippen molar-refractivity contribution in [2.24, 2.45) is 5.92 Å². The van der Waals surface area contributed by atoms with Crippen LogP contribution in [0.1, 0.15) is 36.9 Å². The van der Waals surface area contributed by atoms with Crippen LogP contribution in [-0.2, 0) is 11.3 Å². The molecule has 0 aliphatic carbocycles. The number of piperidine rings is 1. The lowest BCUT2D eigenvalue weighted by Gasteiger charge is -2.32. The van der Waals surface area contributed by atoms with E-state index in [0.29, 0.717) is 0 Å². The zero-order chi connectivity index (χ0) is 18.4. The van der Waals surface area contributed by atoms with E-state index in [-0.39, 0.29) is 17.9 Å². The van der Waals surface area contributed by atoms with Crippen molar-refractivity contribution in [3.63, 3.8) is 0 Å². The van der Waals surface area contributed by atoms with Crippen molar-refractivity contribution in [3.05, 3.63) is 65.7 Å². The summed E-state index contributed by atoms with van der Waals surface area (Å²) in [6.45, 7) is 4.90. The van der Waals surface area contributed by atoms with Gasteiger partial charge in [0.15, 0.2) is 0 Å². The van der Waals surface area contributed by atoms with Crippen molar-refractivity contribution in [3.8, 4) is 5.75 Å². The van der Waals surface area contributed by atoms with E-state index in [1.165, 1.54) is 5.56 Å². The van der Waals surface area contributed by atoms with Crippen LogP contribution < -0.4 is 10.1 Å². The summed E-state index contributed by atoms with van der Waals surface area (Å²) in [6, 6.07) is 18.4. The van der Waals surface area contributed by atoms with Crippen molar-refractivity contribution < 1.29 is 9.53 Å². The van der Waals surface area contributed by atoms with Crippen LogP contribution in [0.25, 0.3) is 0 Å². The van der Waals surface area contributed by atoms with Crippen molar-refractivity contribution >= 4 is 5.91 Å². The molecule has 1 fully saturated rings. The SMILES string of the molecule is COc1ccc(CN2CCC(C(=O)N[C@H](C)c3ccccc3)CC2)cc1. The van der Waals surface area contributed by atoms with Crippen molar-refractivity contribution in [2.45, 2.75) is 32.4 Å². The normalized spacial score (nSPS) is 16.8. The maximum atomic E-state index is 12.6. The van der Waals surface area contributed by atoms with Gasteiger partial charge in [-0.05, 0) is 56.1 Å². The highest BCUT2D eigenvalue weighted by atomic mass is 16.5. The Morgan fingerprint density at radius 2 is 1.77 bits per heavy atom. The number of nitrogens with zero attached hydrogens (tertiary/aromatic N) is 1. The Morgan fingerprint density at radius 3 is 2.38 bits per heavy atom. The van der Waals surface area contributed by atoms with Crippen LogP contribution in [0.5, 0.6) is 5.75 Å². The molecule has 26 heavy (non-hydrogen) atoms. The van der Waals surface area contributed by atoms with Crippen LogP contribution >= 0.6 is 0 Å². The number of rotatable bonds is 6. The van der Waals surface area contributed by atoms with E-state index in [0.717, 1.165) is 43.8 Å². The minimum Gasteiger partial charge on any atom is -0.497 e. The standard InChI is InChI=1S/C22H28N2O2/c1-17(19-6-4-3-5-7-19)23-22(25)20-12-14-24(15-13-20)16-18-8-10-21(26-2)11-9-18/h3-11,17,20H,12-16H2,1-2H3,(H,23,25)/t17-/m1/s1. The lowest BCUT2D eigenvalue weighted by Crippen LogP contribution is -2.40.